The van der Waals surface area contributed by atoms with Crippen LogP contribution in [-0.2, 0) is 23.9 Å². The number of amides is 1. The highest BCUT2D eigenvalue weighted by atomic mass is 16.6. The normalized spacial score (nSPS) is 13.6. The number of hydrogen-bond donors (Lipinski definition) is 2. The van der Waals surface area contributed by atoms with Gasteiger partial charge in [0, 0.05) is 11.8 Å². The van der Waals surface area contributed by atoms with Gasteiger partial charge in [-0.1, -0.05) is 44.2 Å². The fraction of sp³-hybridized carbons (Fsp3) is 0.462. The van der Waals surface area contributed by atoms with Gasteiger partial charge in [-0.25, -0.2) is 4.79 Å². The third-order valence-electron chi connectivity index (χ3n) is 4.92. The number of ether oxygens (including phenoxy) is 2. The summed E-state index contributed by atoms with van der Waals surface area (Å²) in [6, 6.07) is 8.70. The van der Waals surface area contributed by atoms with Crippen LogP contribution in [0.2, 0.25) is 0 Å². The second kappa shape index (κ2) is 11.6. The maximum absolute atomic E-state index is 13.1. The van der Waals surface area contributed by atoms with Gasteiger partial charge in [-0.2, -0.15) is 0 Å². The van der Waals surface area contributed by atoms with Crippen molar-refractivity contribution < 1.29 is 29.0 Å². The summed E-state index contributed by atoms with van der Waals surface area (Å²) in [5.74, 6) is -1.69. The maximum Gasteiger partial charge on any atom is 0.328 e. The molecule has 0 saturated heterocycles. The Morgan fingerprint density at radius 1 is 1.12 bits per heavy atom. The number of fused-ring (bicyclic) bond motifs is 1. The van der Waals surface area contributed by atoms with Crippen molar-refractivity contribution in [3.63, 3.8) is 0 Å². The van der Waals surface area contributed by atoms with E-state index in [1.807, 2.05) is 38.1 Å². The number of rotatable bonds is 9. The van der Waals surface area contributed by atoms with Crippen LogP contribution in [0.15, 0.2) is 41.4 Å². The third-order valence-corrected chi connectivity index (χ3v) is 4.92. The van der Waals surface area contributed by atoms with Crippen LogP contribution in [-0.4, -0.2) is 54.0 Å². The monoisotopic (exact) mass is 470 g/mol. The molecule has 8 nitrogen and oxygen atoms in total. The molecule has 2 rings (SSSR count). The van der Waals surface area contributed by atoms with E-state index < -0.39 is 35.5 Å². The van der Waals surface area contributed by atoms with Crippen LogP contribution < -0.4 is 5.32 Å². The highest BCUT2D eigenvalue weighted by molar-refractivity contribution is 6.03. The average molecular weight is 471 g/mol. The van der Waals surface area contributed by atoms with Crippen LogP contribution in [0.5, 0.6) is 5.75 Å². The summed E-state index contributed by atoms with van der Waals surface area (Å²) >= 11 is 0. The Hall–Kier alpha value is -3.42. The molecule has 184 valence electrons. The summed E-state index contributed by atoms with van der Waals surface area (Å²) in [6.45, 7) is 9.03. The minimum Gasteiger partial charge on any atom is -0.507 e. The summed E-state index contributed by atoms with van der Waals surface area (Å²) in [5.41, 5.74) is -0.311. The molecule has 8 heteroatoms. The first kappa shape index (κ1) is 26.8. The first-order chi connectivity index (χ1) is 15.9. The lowest BCUT2D eigenvalue weighted by atomic mass is 10.0. The van der Waals surface area contributed by atoms with Crippen LogP contribution in [0.4, 0.5) is 0 Å². The molecule has 0 fully saturated rings. The van der Waals surface area contributed by atoms with E-state index in [1.54, 1.807) is 32.9 Å². The van der Waals surface area contributed by atoms with Gasteiger partial charge in [0.15, 0.2) is 0 Å². The largest absolute Gasteiger partial charge is 0.507 e. The van der Waals surface area contributed by atoms with Gasteiger partial charge < -0.3 is 19.9 Å². The fourth-order valence-corrected chi connectivity index (χ4v) is 3.43. The quantitative estimate of drug-likeness (QED) is 0.426. The van der Waals surface area contributed by atoms with Crippen molar-refractivity contribution in [2.45, 2.75) is 65.1 Å². The zero-order chi connectivity index (χ0) is 25.5. The number of carbonyl (C=O) groups is 3. The molecule has 2 N–H and O–H groups in total. The highest BCUT2D eigenvalue weighted by Crippen LogP contribution is 2.25. The maximum atomic E-state index is 13.1. The molecule has 0 heterocycles. The predicted octanol–water partition coefficient (Wildman–Crippen LogP) is 3.77. The molecule has 0 saturated carbocycles. The number of nitrogens with zero attached hydrogens (tertiary/aromatic N) is 1. The van der Waals surface area contributed by atoms with Crippen molar-refractivity contribution in [1.82, 2.24) is 5.32 Å². The minimum absolute atomic E-state index is 0.00822. The smallest absolute Gasteiger partial charge is 0.328 e. The number of carbonyl (C=O) groups excluding carboxylic acids is 3. The number of aromatic hydroxyl groups is 1. The van der Waals surface area contributed by atoms with Crippen LogP contribution in [0.25, 0.3) is 10.8 Å². The van der Waals surface area contributed by atoms with Crippen molar-refractivity contribution in [3.8, 4) is 5.75 Å². The molecule has 2 aromatic carbocycles. The lowest BCUT2D eigenvalue weighted by Gasteiger charge is -2.23. The number of nitrogens with one attached hydrogen (secondary N) is 1. The molecule has 2 aromatic rings. The van der Waals surface area contributed by atoms with Gasteiger partial charge in [-0.15, -0.1) is 0 Å². The number of methoxy groups -OCH3 is 1. The molecule has 0 bridgehead atoms. The Balaban J connectivity index is 2.38. The fourth-order valence-electron chi connectivity index (χ4n) is 3.43. The lowest BCUT2D eigenvalue weighted by molar-refractivity contribution is -0.156. The Labute approximate surface area is 200 Å². The van der Waals surface area contributed by atoms with E-state index in [4.69, 9.17) is 9.47 Å². The third kappa shape index (κ3) is 7.86. The van der Waals surface area contributed by atoms with Crippen LogP contribution in [0, 0.1) is 5.92 Å². The van der Waals surface area contributed by atoms with Crippen molar-refractivity contribution in [2.24, 2.45) is 10.9 Å². The van der Waals surface area contributed by atoms with E-state index >= 15 is 0 Å². The topological polar surface area (TPSA) is 114 Å². The number of phenolic OH excluding ortho intramolecular Hbond substituents is 1. The van der Waals surface area contributed by atoms with Gasteiger partial charge in [0.25, 0.3) is 0 Å². The molecule has 0 radical (unpaired) electrons. The van der Waals surface area contributed by atoms with Gasteiger partial charge in [0.2, 0.25) is 5.91 Å². The van der Waals surface area contributed by atoms with E-state index in [0.717, 1.165) is 10.8 Å². The van der Waals surface area contributed by atoms with Crippen LogP contribution >= 0.6 is 0 Å². The predicted molar refractivity (Wildman–Crippen MR) is 131 cm³/mol. The van der Waals surface area contributed by atoms with Gasteiger partial charge in [-0.05, 0) is 49.9 Å². The molecule has 2 atom stereocenters. The van der Waals surface area contributed by atoms with Gasteiger partial charge in [0.1, 0.15) is 23.4 Å². The van der Waals surface area contributed by atoms with E-state index in [2.05, 4.69) is 10.3 Å². The van der Waals surface area contributed by atoms with Crippen LogP contribution in [0.1, 0.15) is 53.0 Å². The van der Waals surface area contributed by atoms with Gasteiger partial charge >= 0.3 is 11.9 Å². The van der Waals surface area contributed by atoms with Gasteiger partial charge in [-0.3, -0.25) is 14.6 Å². The minimum atomic E-state index is -1.17. The lowest BCUT2D eigenvalue weighted by Crippen LogP contribution is -2.47. The number of aliphatic imine (C=N–C) groups is 1. The summed E-state index contributed by atoms with van der Waals surface area (Å²) < 4.78 is 10.2. The number of hydrogen-bond acceptors (Lipinski definition) is 7. The second-order valence-corrected chi connectivity index (χ2v) is 9.52. The molecule has 1 amide bonds. The van der Waals surface area contributed by atoms with E-state index in [1.165, 1.54) is 13.3 Å². The van der Waals surface area contributed by atoms with E-state index in [0.29, 0.717) is 12.0 Å². The molecule has 0 aliphatic heterocycles. The zero-order valence-corrected chi connectivity index (χ0v) is 20.6. The zero-order valence-electron chi connectivity index (χ0n) is 20.6. The summed E-state index contributed by atoms with van der Waals surface area (Å²) in [6.07, 6.45) is 1.41. The molecule has 0 spiro atoms. The SMILES string of the molecule is COC(=O)[C@H](CC(C)C)NC(=O)[C@H](CC(=O)OC(C)(C)C)N=Cc1c(O)ccc2ccccc12. The first-order valence-corrected chi connectivity index (χ1v) is 11.2. The van der Waals surface area contributed by atoms with E-state index in [-0.39, 0.29) is 18.1 Å². The molecule has 34 heavy (non-hydrogen) atoms. The van der Waals surface area contributed by atoms with Crippen molar-refractivity contribution in [3.05, 3.63) is 42.0 Å². The highest BCUT2D eigenvalue weighted by Gasteiger charge is 2.29. The average Bonchev–Trinajstić information content (AvgIpc) is 2.74. The van der Waals surface area contributed by atoms with Crippen LogP contribution in [0.3, 0.4) is 0 Å². The Kier molecular flexibility index (Phi) is 9.18. The van der Waals surface area contributed by atoms with Crippen molar-refractivity contribution in [1.29, 1.82) is 0 Å². The Morgan fingerprint density at radius 3 is 2.41 bits per heavy atom. The number of esters is 2. The first-order valence-electron chi connectivity index (χ1n) is 11.2. The summed E-state index contributed by atoms with van der Waals surface area (Å²) in [7, 11) is 1.25. The summed E-state index contributed by atoms with van der Waals surface area (Å²) in [4.78, 5) is 42.2. The van der Waals surface area contributed by atoms with Crippen molar-refractivity contribution >= 4 is 34.8 Å². The van der Waals surface area contributed by atoms with E-state index in [9.17, 15) is 19.5 Å². The molecule has 0 aliphatic carbocycles. The Morgan fingerprint density at radius 2 is 1.79 bits per heavy atom. The molecular weight excluding hydrogens is 436 g/mol. The standard InChI is InChI=1S/C26H34N2O6/c1-16(2)13-21(25(32)33-6)28-24(31)20(14-23(30)34-26(3,4)5)27-15-19-18-10-8-7-9-17(18)11-12-22(19)29/h7-12,15-16,20-21,29H,13-14H2,1-6H3,(H,28,31)/t20-,21-/m0/s1. The van der Waals surface area contributed by atoms with Crippen molar-refractivity contribution in [2.75, 3.05) is 7.11 Å². The number of phenols is 1. The number of benzene rings is 2. The molecule has 0 unspecified atom stereocenters. The molecule has 0 aliphatic rings. The molecular formula is C26H34N2O6. The molecule has 0 aromatic heterocycles. The second-order valence-electron chi connectivity index (χ2n) is 9.52. The Bertz CT molecular complexity index is 1050. The summed E-state index contributed by atoms with van der Waals surface area (Å²) in [5, 5.41) is 14.7. The van der Waals surface area contributed by atoms with Gasteiger partial charge in [0.05, 0.1) is 13.5 Å².